The number of hydrogen-bond donors (Lipinski definition) is 1. The van der Waals surface area contributed by atoms with Gasteiger partial charge in [0.1, 0.15) is 5.75 Å². The van der Waals surface area contributed by atoms with Gasteiger partial charge in [-0.1, -0.05) is 41.9 Å². The predicted octanol–water partition coefficient (Wildman–Crippen LogP) is 2.84. The fourth-order valence-electron chi connectivity index (χ4n) is 3.27. The molecule has 0 radical (unpaired) electrons. The Hall–Kier alpha value is -1.64. The predicted molar refractivity (Wildman–Crippen MR) is 110 cm³/mol. The molecule has 1 N–H and O–H groups in total. The maximum Gasteiger partial charge on any atom is 0.215 e. The molecule has 2 aromatic carbocycles. The van der Waals surface area contributed by atoms with Crippen molar-refractivity contribution in [3.05, 3.63) is 64.7 Å². The lowest BCUT2D eigenvalue weighted by Crippen LogP contribution is -2.44. The highest BCUT2D eigenvalue weighted by Crippen LogP contribution is 2.25. The molecule has 0 unspecified atom stereocenters. The van der Waals surface area contributed by atoms with E-state index in [-0.39, 0.29) is 18.3 Å². The SMILES string of the molecule is COc1cccc([C@H](CNS(=O)(=O)Cc2ccccc2Cl)N2CCOCC2)c1. The summed E-state index contributed by atoms with van der Waals surface area (Å²) in [5.41, 5.74) is 1.59. The van der Waals surface area contributed by atoms with Crippen LogP contribution in [-0.2, 0) is 20.5 Å². The van der Waals surface area contributed by atoms with Crippen molar-refractivity contribution >= 4 is 21.6 Å². The van der Waals surface area contributed by atoms with E-state index in [1.165, 1.54) is 0 Å². The minimum Gasteiger partial charge on any atom is -0.497 e. The number of benzene rings is 2. The quantitative estimate of drug-likeness (QED) is 0.705. The number of hydrogen-bond acceptors (Lipinski definition) is 5. The van der Waals surface area contributed by atoms with Crippen LogP contribution in [-0.4, -0.2) is 53.3 Å². The second-order valence-corrected chi connectivity index (χ2v) is 8.85. The van der Waals surface area contributed by atoms with Crippen LogP contribution in [0.5, 0.6) is 5.75 Å². The summed E-state index contributed by atoms with van der Waals surface area (Å²) in [5.74, 6) is 0.593. The number of morpholine rings is 1. The normalized spacial score (nSPS) is 16.6. The van der Waals surface area contributed by atoms with Gasteiger partial charge in [0.25, 0.3) is 0 Å². The van der Waals surface area contributed by atoms with Gasteiger partial charge in [-0.25, -0.2) is 13.1 Å². The fourth-order valence-corrected chi connectivity index (χ4v) is 4.73. The minimum atomic E-state index is -3.54. The zero-order valence-electron chi connectivity index (χ0n) is 15.8. The average molecular weight is 425 g/mol. The molecule has 0 aliphatic carbocycles. The van der Waals surface area contributed by atoms with Crippen molar-refractivity contribution in [1.82, 2.24) is 9.62 Å². The van der Waals surface area contributed by atoms with Crippen molar-refractivity contribution < 1.29 is 17.9 Å². The number of ether oxygens (including phenoxy) is 2. The van der Waals surface area contributed by atoms with Crippen molar-refractivity contribution in [3.8, 4) is 5.75 Å². The Morgan fingerprint density at radius 2 is 1.93 bits per heavy atom. The molecule has 0 aromatic heterocycles. The molecule has 0 bridgehead atoms. The van der Waals surface area contributed by atoms with Crippen LogP contribution >= 0.6 is 11.6 Å². The summed E-state index contributed by atoms with van der Waals surface area (Å²) >= 11 is 6.12. The summed E-state index contributed by atoms with van der Waals surface area (Å²) in [5, 5.41) is 0.449. The van der Waals surface area contributed by atoms with Gasteiger partial charge in [0.15, 0.2) is 0 Å². The number of sulfonamides is 1. The van der Waals surface area contributed by atoms with E-state index < -0.39 is 10.0 Å². The van der Waals surface area contributed by atoms with Gasteiger partial charge < -0.3 is 9.47 Å². The second kappa shape index (κ2) is 9.71. The number of nitrogens with one attached hydrogen (secondary N) is 1. The first-order chi connectivity index (χ1) is 13.5. The maximum atomic E-state index is 12.7. The van der Waals surface area contributed by atoms with Crippen molar-refractivity contribution in [3.63, 3.8) is 0 Å². The average Bonchev–Trinajstić information content (AvgIpc) is 2.71. The van der Waals surface area contributed by atoms with Crippen LogP contribution in [0.2, 0.25) is 5.02 Å². The third-order valence-electron chi connectivity index (χ3n) is 4.76. The van der Waals surface area contributed by atoms with Crippen molar-refractivity contribution in [2.75, 3.05) is 40.0 Å². The molecule has 1 heterocycles. The molecule has 1 aliphatic heterocycles. The molecule has 3 rings (SSSR count). The Kier molecular flexibility index (Phi) is 7.31. The van der Waals surface area contributed by atoms with E-state index in [4.69, 9.17) is 21.1 Å². The summed E-state index contributed by atoms with van der Waals surface area (Å²) in [4.78, 5) is 2.23. The third-order valence-corrected chi connectivity index (χ3v) is 6.43. The number of rotatable bonds is 8. The van der Waals surface area contributed by atoms with Gasteiger partial charge >= 0.3 is 0 Å². The molecule has 1 atom stereocenters. The molecule has 1 saturated heterocycles. The van der Waals surface area contributed by atoms with Crippen LogP contribution < -0.4 is 9.46 Å². The number of nitrogens with zero attached hydrogens (tertiary/aromatic N) is 1. The maximum absolute atomic E-state index is 12.7. The molecular weight excluding hydrogens is 400 g/mol. The Balaban J connectivity index is 1.76. The Labute approximate surface area is 171 Å². The smallest absolute Gasteiger partial charge is 0.215 e. The first-order valence-electron chi connectivity index (χ1n) is 9.15. The minimum absolute atomic E-state index is 0.111. The van der Waals surface area contributed by atoms with Crippen LogP contribution in [0.3, 0.4) is 0 Å². The van der Waals surface area contributed by atoms with Gasteiger partial charge in [0.2, 0.25) is 10.0 Å². The lowest BCUT2D eigenvalue weighted by Gasteiger charge is -2.35. The molecule has 8 heteroatoms. The summed E-state index contributed by atoms with van der Waals surface area (Å²) < 4.78 is 38.9. The third kappa shape index (κ3) is 5.68. The number of halogens is 1. The topological polar surface area (TPSA) is 67.9 Å². The lowest BCUT2D eigenvalue weighted by molar-refractivity contribution is 0.0171. The Bertz CT molecular complexity index is 885. The number of methoxy groups -OCH3 is 1. The standard InChI is InChI=1S/C20H25ClN2O4S/c1-26-18-7-4-6-16(13-18)20(23-9-11-27-12-10-23)14-22-28(24,25)15-17-5-2-3-8-19(17)21/h2-8,13,20,22H,9-12,14-15H2,1H3/t20-/m0/s1. The highest BCUT2D eigenvalue weighted by Gasteiger charge is 2.25. The summed E-state index contributed by atoms with van der Waals surface area (Å²) in [7, 11) is -1.92. The molecule has 2 aromatic rings. The lowest BCUT2D eigenvalue weighted by atomic mass is 10.0. The van der Waals surface area contributed by atoms with E-state index >= 15 is 0 Å². The van der Waals surface area contributed by atoms with E-state index in [1.54, 1.807) is 31.4 Å². The van der Waals surface area contributed by atoms with Gasteiger partial charge in [-0.2, -0.15) is 0 Å². The summed E-state index contributed by atoms with van der Waals surface area (Å²) in [6.07, 6.45) is 0. The van der Waals surface area contributed by atoms with Crippen LogP contribution in [0.25, 0.3) is 0 Å². The van der Waals surface area contributed by atoms with Crippen LogP contribution in [0.1, 0.15) is 17.2 Å². The van der Waals surface area contributed by atoms with Gasteiger partial charge in [0.05, 0.1) is 26.1 Å². The van der Waals surface area contributed by atoms with Crippen LogP contribution in [0, 0.1) is 0 Å². The fraction of sp³-hybridized carbons (Fsp3) is 0.400. The van der Waals surface area contributed by atoms with E-state index in [0.29, 0.717) is 23.8 Å². The van der Waals surface area contributed by atoms with Gasteiger partial charge in [-0.05, 0) is 29.3 Å². The van der Waals surface area contributed by atoms with Crippen LogP contribution in [0.15, 0.2) is 48.5 Å². The van der Waals surface area contributed by atoms with Crippen molar-refractivity contribution in [1.29, 1.82) is 0 Å². The van der Waals surface area contributed by atoms with Gasteiger partial charge in [-0.3, -0.25) is 4.90 Å². The first kappa shape index (κ1) is 21.1. The molecule has 0 saturated carbocycles. The first-order valence-corrected chi connectivity index (χ1v) is 11.2. The monoisotopic (exact) mass is 424 g/mol. The molecule has 1 fully saturated rings. The Morgan fingerprint density at radius 3 is 2.64 bits per heavy atom. The van der Waals surface area contributed by atoms with E-state index in [0.717, 1.165) is 24.4 Å². The highest BCUT2D eigenvalue weighted by atomic mass is 35.5. The molecule has 1 aliphatic rings. The van der Waals surface area contributed by atoms with E-state index in [1.807, 2.05) is 24.3 Å². The molecular formula is C20H25ClN2O4S. The second-order valence-electron chi connectivity index (χ2n) is 6.64. The van der Waals surface area contributed by atoms with Crippen molar-refractivity contribution in [2.24, 2.45) is 0 Å². The summed E-state index contributed by atoms with van der Waals surface area (Å²) in [6.45, 7) is 3.02. The van der Waals surface area contributed by atoms with E-state index in [2.05, 4.69) is 9.62 Å². The van der Waals surface area contributed by atoms with Crippen LogP contribution in [0.4, 0.5) is 0 Å². The zero-order chi connectivity index (χ0) is 20.0. The molecule has 0 amide bonds. The zero-order valence-corrected chi connectivity index (χ0v) is 17.4. The van der Waals surface area contributed by atoms with Crippen molar-refractivity contribution in [2.45, 2.75) is 11.8 Å². The molecule has 152 valence electrons. The molecule has 6 nitrogen and oxygen atoms in total. The Morgan fingerprint density at radius 1 is 1.18 bits per heavy atom. The molecule has 0 spiro atoms. The van der Waals surface area contributed by atoms with Gasteiger partial charge in [0, 0.05) is 30.7 Å². The largest absolute Gasteiger partial charge is 0.497 e. The molecule has 28 heavy (non-hydrogen) atoms. The summed E-state index contributed by atoms with van der Waals surface area (Å²) in [6, 6.07) is 14.6. The highest BCUT2D eigenvalue weighted by molar-refractivity contribution is 7.88. The van der Waals surface area contributed by atoms with Gasteiger partial charge in [-0.15, -0.1) is 0 Å². The van der Waals surface area contributed by atoms with E-state index in [9.17, 15) is 8.42 Å².